The second-order valence-electron chi connectivity index (χ2n) is 6.93. The summed E-state index contributed by atoms with van der Waals surface area (Å²) in [5, 5.41) is 2.67. The molecule has 0 unspecified atom stereocenters. The summed E-state index contributed by atoms with van der Waals surface area (Å²) in [5.74, 6) is -1.19. The highest BCUT2D eigenvalue weighted by Gasteiger charge is 2.34. The van der Waals surface area contributed by atoms with Gasteiger partial charge in [0.25, 0.3) is 5.91 Å². The number of ether oxygens (including phenoxy) is 1. The van der Waals surface area contributed by atoms with E-state index in [0.29, 0.717) is 6.42 Å². The Balaban J connectivity index is 1.43. The Bertz CT molecular complexity index is 1290. The normalized spacial score (nSPS) is 13.8. The Morgan fingerprint density at radius 3 is 2.45 bits per heavy atom. The predicted octanol–water partition coefficient (Wildman–Crippen LogP) is 3.40. The van der Waals surface area contributed by atoms with E-state index in [1.165, 1.54) is 42.5 Å². The highest BCUT2D eigenvalue weighted by molar-refractivity contribution is 7.91. The molecule has 0 bridgehead atoms. The third kappa shape index (κ3) is 3.94. The molecule has 1 amide bonds. The fraction of sp³-hybridized carbons (Fsp3) is 0.130. The highest BCUT2D eigenvalue weighted by Crippen LogP contribution is 2.34. The zero-order valence-electron chi connectivity index (χ0n) is 16.3. The van der Waals surface area contributed by atoms with Crippen LogP contribution in [0.15, 0.2) is 76.5 Å². The molecule has 0 saturated carbocycles. The number of para-hydroxylation sites is 1. The summed E-state index contributed by atoms with van der Waals surface area (Å²) in [4.78, 5) is 24.9. The molecule has 4 rings (SSSR count). The van der Waals surface area contributed by atoms with Crippen molar-refractivity contribution in [3.8, 4) is 5.75 Å². The van der Waals surface area contributed by atoms with Crippen LogP contribution in [0.2, 0.25) is 0 Å². The largest absolute Gasteiger partial charge is 0.490 e. The number of hydrogen-bond acceptors (Lipinski definition) is 5. The van der Waals surface area contributed by atoms with Crippen LogP contribution in [-0.2, 0) is 9.84 Å². The highest BCUT2D eigenvalue weighted by atomic mass is 32.2. The second kappa shape index (κ2) is 8.31. The monoisotopic (exact) mass is 439 g/mol. The lowest BCUT2D eigenvalue weighted by molar-refractivity contribution is 0.0949. The Morgan fingerprint density at radius 2 is 1.65 bits per heavy atom. The summed E-state index contributed by atoms with van der Waals surface area (Å²) in [7, 11) is -3.91. The number of amides is 1. The number of carbonyl (C=O) groups is 2. The number of fused-ring (bicyclic) bond motifs is 2. The van der Waals surface area contributed by atoms with E-state index >= 15 is 0 Å². The average Bonchev–Trinajstić information content (AvgIpc) is 2.78. The number of nitrogens with one attached hydrogen (secondary N) is 1. The van der Waals surface area contributed by atoms with Crippen molar-refractivity contribution in [1.82, 2.24) is 5.32 Å². The number of hydrogen-bond donors (Lipinski definition) is 1. The zero-order valence-corrected chi connectivity index (χ0v) is 17.1. The van der Waals surface area contributed by atoms with Gasteiger partial charge in [-0.3, -0.25) is 9.59 Å². The molecule has 3 aromatic carbocycles. The van der Waals surface area contributed by atoms with E-state index in [1.54, 1.807) is 24.3 Å². The van der Waals surface area contributed by atoms with Crippen molar-refractivity contribution < 1.29 is 27.1 Å². The van der Waals surface area contributed by atoms with Crippen molar-refractivity contribution in [3.63, 3.8) is 0 Å². The third-order valence-corrected chi connectivity index (χ3v) is 6.75. The SMILES string of the molecule is O=C(NCCCOc1ccccc1F)c1ccc2c(c1)S(=O)(=O)c1ccccc1C2=O. The number of benzene rings is 3. The molecule has 1 N–H and O–H groups in total. The van der Waals surface area contributed by atoms with Crippen LogP contribution in [0.3, 0.4) is 0 Å². The lowest BCUT2D eigenvalue weighted by Gasteiger charge is -2.19. The Labute approximate surface area is 178 Å². The number of ketones is 1. The predicted molar refractivity (Wildman–Crippen MR) is 111 cm³/mol. The van der Waals surface area contributed by atoms with E-state index in [-0.39, 0.29) is 45.4 Å². The minimum Gasteiger partial charge on any atom is -0.490 e. The Kier molecular flexibility index (Phi) is 5.56. The molecule has 0 radical (unpaired) electrons. The fourth-order valence-electron chi connectivity index (χ4n) is 3.35. The van der Waals surface area contributed by atoms with E-state index < -0.39 is 27.3 Å². The van der Waals surface area contributed by atoms with E-state index in [9.17, 15) is 22.4 Å². The number of halogens is 1. The first-order valence-electron chi connectivity index (χ1n) is 9.58. The van der Waals surface area contributed by atoms with Gasteiger partial charge in [0, 0.05) is 23.2 Å². The van der Waals surface area contributed by atoms with Gasteiger partial charge >= 0.3 is 0 Å². The molecule has 0 atom stereocenters. The van der Waals surface area contributed by atoms with Crippen molar-refractivity contribution in [3.05, 3.63) is 89.2 Å². The van der Waals surface area contributed by atoms with E-state index in [2.05, 4.69) is 5.32 Å². The van der Waals surface area contributed by atoms with Crippen LogP contribution in [0.1, 0.15) is 32.7 Å². The first-order chi connectivity index (χ1) is 14.9. The fourth-order valence-corrected chi connectivity index (χ4v) is 5.02. The van der Waals surface area contributed by atoms with Gasteiger partial charge in [-0.2, -0.15) is 0 Å². The number of rotatable bonds is 6. The molecular formula is C23H18FNO5S. The van der Waals surface area contributed by atoms with Crippen molar-refractivity contribution in [2.45, 2.75) is 16.2 Å². The maximum absolute atomic E-state index is 13.5. The zero-order chi connectivity index (χ0) is 22.0. The van der Waals surface area contributed by atoms with Crippen LogP contribution in [0.5, 0.6) is 5.75 Å². The lowest BCUT2D eigenvalue weighted by atomic mass is 10.0. The van der Waals surface area contributed by atoms with E-state index in [0.717, 1.165) is 0 Å². The van der Waals surface area contributed by atoms with Crippen molar-refractivity contribution >= 4 is 21.5 Å². The van der Waals surface area contributed by atoms with Crippen molar-refractivity contribution in [1.29, 1.82) is 0 Å². The topological polar surface area (TPSA) is 89.5 Å². The van der Waals surface area contributed by atoms with Crippen LogP contribution < -0.4 is 10.1 Å². The summed E-state index contributed by atoms with van der Waals surface area (Å²) < 4.78 is 44.7. The van der Waals surface area contributed by atoms with E-state index in [4.69, 9.17) is 4.74 Å². The van der Waals surface area contributed by atoms with Gasteiger partial charge in [0.05, 0.1) is 16.4 Å². The van der Waals surface area contributed by atoms with Gasteiger partial charge in [0.15, 0.2) is 17.3 Å². The molecule has 6 nitrogen and oxygen atoms in total. The maximum Gasteiger partial charge on any atom is 0.251 e. The van der Waals surface area contributed by atoms with Crippen LogP contribution >= 0.6 is 0 Å². The van der Waals surface area contributed by atoms with Gasteiger partial charge < -0.3 is 10.1 Å². The molecule has 1 aliphatic rings. The molecule has 3 aromatic rings. The van der Waals surface area contributed by atoms with Gasteiger partial charge in [-0.05, 0) is 48.9 Å². The van der Waals surface area contributed by atoms with Crippen molar-refractivity contribution in [2.24, 2.45) is 0 Å². The Morgan fingerprint density at radius 1 is 0.935 bits per heavy atom. The molecule has 0 saturated heterocycles. The quantitative estimate of drug-likeness (QED) is 0.465. The minimum atomic E-state index is -3.91. The van der Waals surface area contributed by atoms with Crippen LogP contribution in [0.25, 0.3) is 0 Å². The Hall–Kier alpha value is -3.52. The van der Waals surface area contributed by atoms with Gasteiger partial charge in [0.1, 0.15) is 0 Å². The molecule has 0 aliphatic carbocycles. The van der Waals surface area contributed by atoms with Crippen molar-refractivity contribution in [2.75, 3.05) is 13.2 Å². The molecule has 0 fully saturated rings. The van der Waals surface area contributed by atoms with Gasteiger partial charge in [-0.1, -0.05) is 24.3 Å². The summed E-state index contributed by atoms with van der Waals surface area (Å²) in [6.45, 7) is 0.448. The van der Waals surface area contributed by atoms with Crippen LogP contribution in [0, 0.1) is 5.82 Å². The standard InChI is InChI=1S/C23H18FNO5S/c24-18-7-2-3-8-19(18)30-13-5-12-25-23(27)15-10-11-17-21(14-15)31(28,29)20-9-4-1-6-16(20)22(17)26/h1-4,6-11,14H,5,12-13H2,(H,25,27). The first kappa shape index (κ1) is 20.7. The molecule has 158 valence electrons. The summed E-state index contributed by atoms with van der Waals surface area (Å²) in [5.41, 5.74) is 0.306. The van der Waals surface area contributed by atoms with Gasteiger partial charge in [-0.15, -0.1) is 0 Å². The molecule has 8 heteroatoms. The maximum atomic E-state index is 13.5. The van der Waals surface area contributed by atoms with Crippen LogP contribution in [-0.4, -0.2) is 33.3 Å². The van der Waals surface area contributed by atoms with Gasteiger partial charge in [0.2, 0.25) is 9.84 Å². The summed E-state index contributed by atoms with van der Waals surface area (Å²) >= 11 is 0. The number of sulfone groups is 1. The molecule has 0 spiro atoms. The second-order valence-corrected chi connectivity index (χ2v) is 8.81. The smallest absolute Gasteiger partial charge is 0.251 e. The molecule has 0 aromatic heterocycles. The lowest BCUT2D eigenvalue weighted by Crippen LogP contribution is -2.27. The minimum absolute atomic E-state index is 0.0496. The third-order valence-electron chi connectivity index (χ3n) is 4.90. The van der Waals surface area contributed by atoms with Crippen LogP contribution in [0.4, 0.5) is 4.39 Å². The molecular weight excluding hydrogens is 421 g/mol. The van der Waals surface area contributed by atoms with Gasteiger partial charge in [-0.25, -0.2) is 12.8 Å². The molecule has 1 heterocycles. The average molecular weight is 439 g/mol. The molecule has 1 aliphatic heterocycles. The summed E-state index contributed by atoms with van der Waals surface area (Å²) in [6.07, 6.45) is 0.426. The van der Waals surface area contributed by atoms with E-state index in [1.807, 2.05) is 0 Å². The summed E-state index contributed by atoms with van der Waals surface area (Å²) in [6, 6.07) is 16.1. The molecule has 31 heavy (non-hydrogen) atoms. The first-order valence-corrected chi connectivity index (χ1v) is 11.1. The number of carbonyl (C=O) groups excluding carboxylic acids is 2.